The maximum Gasteiger partial charge on any atom is 0.410 e. The third kappa shape index (κ3) is 6.33. The molecule has 1 aliphatic rings. The molecule has 2 unspecified atom stereocenters. The highest BCUT2D eigenvalue weighted by Crippen LogP contribution is 2.23. The minimum absolute atomic E-state index is 0.102. The van der Waals surface area contributed by atoms with Gasteiger partial charge in [-0.1, -0.05) is 0 Å². The molecule has 2 N–H and O–H groups in total. The number of nitrogens with two attached hydrogens (primary N) is 1. The number of nitrogens with zero attached hydrogens (tertiary/aromatic N) is 1. The van der Waals surface area contributed by atoms with Crippen molar-refractivity contribution in [2.24, 2.45) is 11.7 Å². The van der Waals surface area contributed by atoms with Gasteiger partial charge in [0.2, 0.25) is 0 Å². The van der Waals surface area contributed by atoms with Crippen LogP contribution in [0.25, 0.3) is 0 Å². The highest BCUT2D eigenvalue weighted by atomic mass is 16.6. The molecule has 2 atom stereocenters. The van der Waals surface area contributed by atoms with Crippen LogP contribution in [0, 0.1) is 5.92 Å². The summed E-state index contributed by atoms with van der Waals surface area (Å²) in [5.41, 5.74) is 5.67. The number of hydrogen-bond donors (Lipinski definition) is 1. The number of carbonyl (C=O) groups excluding carboxylic acids is 2. The van der Waals surface area contributed by atoms with E-state index in [1.165, 1.54) is 7.11 Å². The van der Waals surface area contributed by atoms with Gasteiger partial charge in [-0.05, 0) is 46.0 Å². The maximum absolute atomic E-state index is 12.1. The summed E-state index contributed by atoms with van der Waals surface area (Å²) in [4.78, 5) is 25.0. The fourth-order valence-corrected chi connectivity index (χ4v) is 2.47. The number of esters is 1. The van der Waals surface area contributed by atoms with Gasteiger partial charge >= 0.3 is 12.1 Å². The fourth-order valence-electron chi connectivity index (χ4n) is 2.47. The lowest BCUT2D eigenvalue weighted by Gasteiger charge is -2.36. The Labute approximate surface area is 126 Å². The Kier molecular flexibility index (Phi) is 6.45. The maximum atomic E-state index is 12.1. The van der Waals surface area contributed by atoms with E-state index in [0.29, 0.717) is 25.9 Å². The molecule has 21 heavy (non-hydrogen) atoms. The molecule has 0 saturated carbocycles. The standard InChI is InChI=1S/C15H28N2O4/c1-15(2,3)21-14(19)17-9-5-6-11(10-17)12(16)7-8-13(18)20-4/h11-12H,5-10,16H2,1-4H3. The number of methoxy groups -OCH3 is 1. The Hall–Kier alpha value is -1.30. The van der Waals surface area contributed by atoms with E-state index in [0.717, 1.165) is 12.8 Å². The van der Waals surface area contributed by atoms with E-state index in [2.05, 4.69) is 4.74 Å². The average Bonchev–Trinajstić information content (AvgIpc) is 2.42. The van der Waals surface area contributed by atoms with Gasteiger partial charge in [-0.15, -0.1) is 0 Å². The zero-order valence-corrected chi connectivity index (χ0v) is 13.6. The number of hydrogen-bond acceptors (Lipinski definition) is 5. The van der Waals surface area contributed by atoms with E-state index in [9.17, 15) is 9.59 Å². The van der Waals surface area contributed by atoms with Crippen molar-refractivity contribution >= 4 is 12.1 Å². The molecule has 6 nitrogen and oxygen atoms in total. The number of carbonyl (C=O) groups is 2. The van der Waals surface area contributed by atoms with Crippen molar-refractivity contribution in [1.82, 2.24) is 4.90 Å². The van der Waals surface area contributed by atoms with Gasteiger partial charge in [0.1, 0.15) is 5.60 Å². The van der Waals surface area contributed by atoms with Crippen LogP contribution in [-0.4, -0.2) is 48.8 Å². The van der Waals surface area contributed by atoms with Crippen molar-refractivity contribution in [3.63, 3.8) is 0 Å². The van der Waals surface area contributed by atoms with Crippen LogP contribution in [0.3, 0.4) is 0 Å². The van der Waals surface area contributed by atoms with Crippen LogP contribution < -0.4 is 5.73 Å². The quantitative estimate of drug-likeness (QED) is 0.802. The highest BCUT2D eigenvalue weighted by molar-refractivity contribution is 5.69. The van der Waals surface area contributed by atoms with Crippen LogP contribution in [0.5, 0.6) is 0 Å². The van der Waals surface area contributed by atoms with Crippen LogP contribution in [0.1, 0.15) is 46.5 Å². The Morgan fingerprint density at radius 1 is 1.38 bits per heavy atom. The van der Waals surface area contributed by atoms with Crippen molar-refractivity contribution in [2.45, 2.75) is 58.1 Å². The van der Waals surface area contributed by atoms with Crippen LogP contribution in [0.2, 0.25) is 0 Å². The Morgan fingerprint density at radius 3 is 2.62 bits per heavy atom. The molecule has 0 bridgehead atoms. The zero-order chi connectivity index (χ0) is 16.0. The number of ether oxygens (including phenoxy) is 2. The SMILES string of the molecule is COC(=O)CCC(N)C1CCCN(C(=O)OC(C)(C)C)C1. The van der Waals surface area contributed by atoms with Gasteiger partial charge in [0, 0.05) is 25.6 Å². The summed E-state index contributed by atoms with van der Waals surface area (Å²) < 4.78 is 10.0. The molecule has 6 heteroatoms. The average molecular weight is 300 g/mol. The molecule has 1 rings (SSSR count). The largest absolute Gasteiger partial charge is 0.469 e. The lowest BCUT2D eigenvalue weighted by atomic mass is 9.89. The normalized spacial score (nSPS) is 20.8. The van der Waals surface area contributed by atoms with Crippen LogP contribution in [0.4, 0.5) is 4.79 Å². The molecule has 0 spiro atoms. The molecule has 1 saturated heterocycles. The number of amides is 1. The molecular weight excluding hydrogens is 272 g/mol. The molecule has 0 aromatic heterocycles. The van der Waals surface area contributed by atoms with Crippen LogP contribution in [0.15, 0.2) is 0 Å². The molecule has 1 fully saturated rings. The van der Waals surface area contributed by atoms with Gasteiger partial charge in [0.05, 0.1) is 7.11 Å². The Bertz CT molecular complexity index is 365. The van der Waals surface area contributed by atoms with Crippen molar-refractivity contribution in [1.29, 1.82) is 0 Å². The van der Waals surface area contributed by atoms with E-state index < -0.39 is 5.60 Å². The second-order valence-corrected chi connectivity index (χ2v) is 6.61. The first-order chi connectivity index (χ1) is 9.73. The second kappa shape index (κ2) is 7.64. The minimum Gasteiger partial charge on any atom is -0.469 e. The Balaban J connectivity index is 2.47. The van der Waals surface area contributed by atoms with Gasteiger partial charge in [-0.2, -0.15) is 0 Å². The summed E-state index contributed by atoms with van der Waals surface area (Å²) in [5, 5.41) is 0. The number of likely N-dealkylation sites (tertiary alicyclic amines) is 1. The lowest BCUT2D eigenvalue weighted by Crippen LogP contribution is -2.47. The molecule has 1 heterocycles. The monoisotopic (exact) mass is 300 g/mol. The van der Waals surface area contributed by atoms with Crippen LogP contribution in [-0.2, 0) is 14.3 Å². The molecule has 0 radical (unpaired) electrons. The van der Waals surface area contributed by atoms with Crippen LogP contribution >= 0.6 is 0 Å². The molecule has 122 valence electrons. The van der Waals surface area contributed by atoms with Crippen molar-refractivity contribution < 1.29 is 19.1 Å². The van der Waals surface area contributed by atoms with Gasteiger partial charge in [-0.25, -0.2) is 4.79 Å². The van der Waals surface area contributed by atoms with E-state index >= 15 is 0 Å². The first-order valence-corrected chi connectivity index (χ1v) is 7.53. The molecule has 1 aliphatic heterocycles. The third-order valence-electron chi connectivity index (χ3n) is 3.62. The second-order valence-electron chi connectivity index (χ2n) is 6.61. The summed E-state index contributed by atoms with van der Waals surface area (Å²) in [6, 6.07) is -0.102. The Morgan fingerprint density at radius 2 is 2.05 bits per heavy atom. The molecular formula is C15H28N2O4. The molecule has 0 aromatic carbocycles. The van der Waals surface area contributed by atoms with Gasteiger partial charge in [0.15, 0.2) is 0 Å². The first-order valence-electron chi connectivity index (χ1n) is 7.53. The summed E-state index contributed by atoms with van der Waals surface area (Å²) in [6.45, 7) is 6.86. The summed E-state index contributed by atoms with van der Waals surface area (Å²) in [7, 11) is 1.37. The van der Waals surface area contributed by atoms with E-state index in [4.69, 9.17) is 10.5 Å². The number of rotatable bonds is 4. The van der Waals surface area contributed by atoms with E-state index in [1.807, 2.05) is 20.8 Å². The zero-order valence-electron chi connectivity index (χ0n) is 13.6. The van der Waals surface area contributed by atoms with Gasteiger partial charge in [-0.3, -0.25) is 4.79 Å². The topological polar surface area (TPSA) is 81.9 Å². The predicted molar refractivity (Wildman–Crippen MR) is 79.8 cm³/mol. The van der Waals surface area contributed by atoms with E-state index in [1.54, 1.807) is 4.90 Å². The lowest BCUT2D eigenvalue weighted by molar-refractivity contribution is -0.140. The smallest absolute Gasteiger partial charge is 0.410 e. The van der Waals surface area contributed by atoms with Crippen molar-refractivity contribution in [3.8, 4) is 0 Å². The molecule has 0 aliphatic carbocycles. The number of piperidine rings is 1. The fraction of sp³-hybridized carbons (Fsp3) is 0.867. The minimum atomic E-state index is -0.489. The molecule has 0 aromatic rings. The van der Waals surface area contributed by atoms with Crippen molar-refractivity contribution in [2.75, 3.05) is 20.2 Å². The predicted octanol–water partition coefficient (Wildman–Crippen LogP) is 1.91. The first kappa shape index (κ1) is 17.8. The summed E-state index contributed by atoms with van der Waals surface area (Å²) >= 11 is 0. The van der Waals surface area contributed by atoms with Gasteiger partial charge < -0.3 is 20.1 Å². The molecule has 1 amide bonds. The van der Waals surface area contributed by atoms with E-state index in [-0.39, 0.29) is 24.0 Å². The summed E-state index contributed by atoms with van der Waals surface area (Å²) in [5.74, 6) is -0.0406. The van der Waals surface area contributed by atoms with Crippen molar-refractivity contribution in [3.05, 3.63) is 0 Å². The summed E-state index contributed by atoms with van der Waals surface area (Å²) in [6.07, 6.45) is 2.50. The van der Waals surface area contributed by atoms with Gasteiger partial charge in [0.25, 0.3) is 0 Å². The highest BCUT2D eigenvalue weighted by Gasteiger charge is 2.30. The third-order valence-corrected chi connectivity index (χ3v) is 3.62.